The SMILES string of the molecule is OCc1nc2ncc3c(n2n1)CCNC3. The van der Waals surface area contributed by atoms with E-state index >= 15 is 0 Å². The van der Waals surface area contributed by atoms with E-state index in [4.69, 9.17) is 5.11 Å². The molecule has 0 fully saturated rings. The van der Waals surface area contributed by atoms with Gasteiger partial charge in [0.05, 0.1) is 5.69 Å². The van der Waals surface area contributed by atoms with Crippen LogP contribution in [0.3, 0.4) is 0 Å². The van der Waals surface area contributed by atoms with Crippen molar-refractivity contribution in [2.24, 2.45) is 0 Å². The van der Waals surface area contributed by atoms with Crippen LogP contribution in [0.5, 0.6) is 0 Å². The topological polar surface area (TPSA) is 75.3 Å². The Balaban J connectivity index is 2.25. The van der Waals surface area contributed by atoms with Crippen LogP contribution in [0.1, 0.15) is 17.1 Å². The number of aliphatic hydroxyl groups is 1. The number of hydrogen-bond donors (Lipinski definition) is 2. The van der Waals surface area contributed by atoms with E-state index in [0.717, 1.165) is 30.8 Å². The van der Waals surface area contributed by atoms with Gasteiger partial charge in [-0.2, -0.15) is 4.98 Å². The van der Waals surface area contributed by atoms with Crippen molar-refractivity contribution in [3.05, 3.63) is 23.3 Å². The van der Waals surface area contributed by atoms with E-state index in [0.29, 0.717) is 11.6 Å². The standard InChI is InChI=1S/C9H11N5O/c15-5-8-12-9-11-4-6-3-10-2-1-7(6)14(9)13-8/h4,10,15H,1-3,5H2. The molecule has 2 aromatic rings. The van der Waals surface area contributed by atoms with Crippen molar-refractivity contribution in [1.82, 2.24) is 24.9 Å². The summed E-state index contributed by atoms with van der Waals surface area (Å²) >= 11 is 0. The van der Waals surface area contributed by atoms with Crippen LogP contribution in [0.4, 0.5) is 0 Å². The van der Waals surface area contributed by atoms with Crippen LogP contribution in [-0.2, 0) is 19.6 Å². The van der Waals surface area contributed by atoms with Crippen LogP contribution in [0.2, 0.25) is 0 Å². The molecule has 3 rings (SSSR count). The monoisotopic (exact) mass is 205 g/mol. The number of nitrogens with zero attached hydrogens (tertiary/aromatic N) is 4. The largest absolute Gasteiger partial charge is 0.388 e. The molecule has 0 aromatic carbocycles. The van der Waals surface area contributed by atoms with Crippen molar-refractivity contribution in [2.45, 2.75) is 19.6 Å². The summed E-state index contributed by atoms with van der Waals surface area (Å²) in [6, 6.07) is 0. The summed E-state index contributed by atoms with van der Waals surface area (Å²) in [6.45, 7) is 1.63. The van der Waals surface area contributed by atoms with Gasteiger partial charge in [-0.05, 0) is 0 Å². The molecule has 6 nitrogen and oxygen atoms in total. The molecule has 1 aliphatic heterocycles. The van der Waals surface area contributed by atoms with Crippen LogP contribution in [0.25, 0.3) is 5.78 Å². The van der Waals surface area contributed by atoms with Crippen molar-refractivity contribution in [3.8, 4) is 0 Å². The van der Waals surface area contributed by atoms with Crippen molar-refractivity contribution in [3.63, 3.8) is 0 Å². The van der Waals surface area contributed by atoms with E-state index < -0.39 is 0 Å². The molecule has 0 unspecified atom stereocenters. The van der Waals surface area contributed by atoms with Gasteiger partial charge in [0, 0.05) is 31.3 Å². The lowest BCUT2D eigenvalue weighted by Gasteiger charge is -2.16. The highest BCUT2D eigenvalue weighted by Gasteiger charge is 2.15. The molecular weight excluding hydrogens is 194 g/mol. The molecule has 0 saturated heterocycles. The van der Waals surface area contributed by atoms with Gasteiger partial charge < -0.3 is 10.4 Å². The highest BCUT2D eigenvalue weighted by Crippen LogP contribution is 2.13. The van der Waals surface area contributed by atoms with Crippen molar-refractivity contribution in [1.29, 1.82) is 0 Å². The quantitative estimate of drug-likeness (QED) is 0.641. The molecule has 15 heavy (non-hydrogen) atoms. The van der Waals surface area contributed by atoms with E-state index in [1.54, 1.807) is 4.52 Å². The average Bonchev–Trinajstić information content (AvgIpc) is 2.72. The smallest absolute Gasteiger partial charge is 0.252 e. The molecule has 0 saturated carbocycles. The molecule has 3 heterocycles. The summed E-state index contributed by atoms with van der Waals surface area (Å²) in [5, 5.41) is 16.4. The summed E-state index contributed by atoms with van der Waals surface area (Å²) in [4.78, 5) is 8.31. The van der Waals surface area contributed by atoms with Crippen LogP contribution in [0, 0.1) is 0 Å². The highest BCUT2D eigenvalue weighted by molar-refractivity contribution is 5.34. The fourth-order valence-corrected chi connectivity index (χ4v) is 1.87. The Morgan fingerprint density at radius 3 is 3.33 bits per heavy atom. The van der Waals surface area contributed by atoms with Crippen molar-refractivity contribution < 1.29 is 5.11 Å². The minimum Gasteiger partial charge on any atom is -0.388 e. The molecule has 78 valence electrons. The summed E-state index contributed by atoms with van der Waals surface area (Å²) in [5.41, 5.74) is 2.30. The molecule has 2 N–H and O–H groups in total. The lowest BCUT2D eigenvalue weighted by atomic mass is 10.1. The van der Waals surface area contributed by atoms with Gasteiger partial charge in [0.2, 0.25) is 0 Å². The maximum absolute atomic E-state index is 8.96. The molecule has 0 amide bonds. The zero-order chi connectivity index (χ0) is 10.3. The Bertz CT molecular complexity index is 506. The van der Waals surface area contributed by atoms with Crippen LogP contribution in [0.15, 0.2) is 6.20 Å². The first-order chi connectivity index (χ1) is 7.38. The van der Waals surface area contributed by atoms with E-state index in [1.165, 1.54) is 0 Å². The minimum absolute atomic E-state index is 0.142. The Morgan fingerprint density at radius 1 is 1.53 bits per heavy atom. The maximum Gasteiger partial charge on any atom is 0.252 e. The number of aromatic nitrogens is 4. The Hall–Kier alpha value is -1.53. The minimum atomic E-state index is -0.142. The Kier molecular flexibility index (Phi) is 1.90. The molecule has 6 heteroatoms. The van der Waals surface area contributed by atoms with E-state index in [2.05, 4.69) is 20.4 Å². The zero-order valence-corrected chi connectivity index (χ0v) is 8.14. The average molecular weight is 205 g/mol. The number of fused-ring (bicyclic) bond motifs is 3. The lowest BCUT2D eigenvalue weighted by Crippen LogP contribution is -2.26. The summed E-state index contributed by atoms with van der Waals surface area (Å²) in [6.07, 6.45) is 2.75. The van der Waals surface area contributed by atoms with E-state index in [9.17, 15) is 0 Å². The molecule has 1 aliphatic rings. The fraction of sp³-hybridized carbons (Fsp3) is 0.444. The number of rotatable bonds is 1. The number of nitrogens with one attached hydrogen (secondary N) is 1. The van der Waals surface area contributed by atoms with E-state index in [-0.39, 0.29) is 6.61 Å². The van der Waals surface area contributed by atoms with Crippen LogP contribution >= 0.6 is 0 Å². The highest BCUT2D eigenvalue weighted by atomic mass is 16.3. The maximum atomic E-state index is 8.96. The summed E-state index contributed by atoms with van der Waals surface area (Å²) in [5.74, 6) is 0.995. The zero-order valence-electron chi connectivity index (χ0n) is 8.14. The van der Waals surface area contributed by atoms with Gasteiger partial charge in [0.25, 0.3) is 5.78 Å². The van der Waals surface area contributed by atoms with Gasteiger partial charge in [-0.15, -0.1) is 5.10 Å². The van der Waals surface area contributed by atoms with Gasteiger partial charge >= 0.3 is 0 Å². The Morgan fingerprint density at radius 2 is 2.47 bits per heavy atom. The van der Waals surface area contributed by atoms with Crippen LogP contribution < -0.4 is 5.32 Å². The first-order valence-corrected chi connectivity index (χ1v) is 4.92. The number of hydrogen-bond acceptors (Lipinski definition) is 5. The Labute approximate surface area is 86.0 Å². The predicted octanol–water partition coefficient (Wildman–Crippen LogP) is -0.738. The summed E-state index contributed by atoms with van der Waals surface area (Å²) in [7, 11) is 0. The second-order valence-corrected chi connectivity index (χ2v) is 3.55. The second-order valence-electron chi connectivity index (χ2n) is 3.55. The molecular formula is C9H11N5O. The van der Waals surface area contributed by atoms with Crippen molar-refractivity contribution >= 4 is 5.78 Å². The third kappa shape index (κ3) is 1.30. The molecule has 0 aliphatic carbocycles. The molecule has 2 aromatic heterocycles. The number of aliphatic hydroxyl groups excluding tert-OH is 1. The predicted molar refractivity (Wildman–Crippen MR) is 52.1 cm³/mol. The van der Waals surface area contributed by atoms with Crippen LogP contribution in [-0.4, -0.2) is 31.2 Å². The third-order valence-electron chi connectivity index (χ3n) is 2.59. The van der Waals surface area contributed by atoms with Gasteiger partial charge in [0.15, 0.2) is 5.82 Å². The third-order valence-corrected chi connectivity index (χ3v) is 2.59. The van der Waals surface area contributed by atoms with Gasteiger partial charge in [0.1, 0.15) is 6.61 Å². The summed E-state index contributed by atoms with van der Waals surface area (Å²) < 4.78 is 1.74. The normalized spacial score (nSPS) is 15.5. The molecule has 0 atom stereocenters. The molecule has 0 bridgehead atoms. The van der Waals surface area contributed by atoms with Gasteiger partial charge in [-0.1, -0.05) is 0 Å². The van der Waals surface area contributed by atoms with E-state index in [1.807, 2.05) is 6.20 Å². The van der Waals surface area contributed by atoms with Gasteiger partial charge in [-0.3, -0.25) is 0 Å². The first kappa shape index (κ1) is 8.75. The second kappa shape index (κ2) is 3.25. The molecule has 0 radical (unpaired) electrons. The first-order valence-electron chi connectivity index (χ1n) is 4.92. The molecule has 0 spiro atoms. The van der Waals surface area contributed by atoms with Gasteiger partial charge in [-0.25, -0.2) is 9.50 Å². The fourth-order valence-electron chi connectivity index (χ4n) is 1.87. The lowest BCUT2D eigenvalue weighted by molar-refractivity contribution is 0.271. The van der Waals surface area contributed by atoms with Crippen molar-refractivity contribution in [2.75, 3.05) is 6.54 Å².